The van der Waals surface area contributed by atoms with E-state index < -0.39 is 0 Å². The monoisotopic (exact) mass is 304 g/mol. The van der Waals surface area contributed by atoms with Crippen LogP contribution in [0.1, 0.15) is 18.4 Å². The Morgan fingerprint density at radius 2 is 2.10 bits per heavy atom. The predicted octanol–water partition coefficient (Wildman–Crippen LogP) is 2.77. The number of rotatable bonds is 6. The number of nitriles is 1. The zero-order valence-corrected chi connectivity index (χ0v) is 12.2. The normalized spacial score (nSPS) is 10.2. The highest BCUT2D eigenvalue weighted by Gasteiger charge is 2.09. The van der Waals surface area contributed by atoms with Crippen molar-refractivity contribution in [2.24, 2.45) is 5.73 Å². The lowest BCUT2D eigenvalue weighted by molar-refractivity contribution is 0.466. The van der Waals surface area contributed by atoms with E-state index in [1.807, 2.05) is 24.3 Å². The second-order valence-corrected chi connectivity index (χ2v) is 5.41. The zero-order valence-electron chi connectivity index (χ0n) is 10.6. The molecule has 102 valence electrons. The number of unbranched alkanes of at least 4 members (excludes halogenated alkanes) is 1. The molecule has 0 bridgehead atoms. The van der Waals surface area contributed by atoms with Gasteiger partial charge in [-0.05, 0) is 18.6 Å². The van der Waals surface area contributed by atoms with Gasteiger partial charge in [-0.15, -0.1) is 10.2 Å². The van der Waals surface area contributed by atoms with Gasteiger partial charge in [-0.25, -0.2) is 0 Å². The van der Waals surface area contributed by atoms with Gasteiger partial charge in [-0.1, -0.05) is 36.1 Å². The molecule has 0 aliphatic carbocycles. The molecule has 0 fully saturated rings. The predicted molar refractivity (Wildman–Crippen MR) is 81.2 cm³/mol. The van der Waals surface area contributed by atoms with E-state index in [9.17, 15) is 0 Å². The third-order valence-electron chi connectivity index (χ3n) is 2.48. The lowest BCUT2D eigenvalue weighted by Gasteiger charge is -1.98. The molecular formula is C13H12N4OS2. The Hall–Kier alpha value is -1.91. The molecule has 20 heavy (non-hydrogen) atoms. The maximum absolute atomic E-state index is 8.45. The van der Waals surface area contributed by atoms with Crippen LogP contribution in [0.4, 0.5) is 0 Å². The first-order valence-corrected chi connectivity index (χ1v) is 7.33. The minimum atomic E-state index is 0.357. The fourth-order valence-corrected chi connectivity index (χ4v) is 2.31. The lowest BCUT2D eigenvalue weighted by Crippen LogP contribution is -2.08. The minimum absolute atomic E-state index is 0.357. The van der Waals surface area contributed by atoms with Crippen LogP contribution in [-0.2, 0) is 0 Å². The summed E-state index contributed by atoms with van der Waals surface area (Å²) in [6, 6.07) is 9.42. The number of thiocarbonyl (C=S) groups is 1. The highest BCUT2D eigenvalue weighted by molar-refractivity contribution is 7.99. The molecule has 1 aromatic carbocycles. The molecule has 0 aliphatic rings. The van der Waals surface area contributed by atoms with Crippen molar-refractivity contribution in [2.45, 2.75) is 18.1 Å². The molecule has 1 aromatic heterocycles. The van der Waals surface area contributed by atoms with Crippen LogP contribution in [0, 0.1) is 11.3 Å². The van der Waals surface area contributed by atoms with Gasteiger partial charge in [0, 0.05) is 23.3 Å². The quantitative estimate of drug-likeness (QED) is 0.498. The highest BCUT2D eigenvalue weighted by atomic mass is 32.2. The molecule has 2 N–H and O–H groups in total. The number of nitrogens with zero attached hydrogens (tertiary/aromatic N) is 3. The number of aromatic nitrogens is 2. The van der Waals surface area contributed by atoms with E-state index >= 15 is 0 Å². The Balaban J connectivity index is 2.01. The van der Waals surface area contributed by atoms with E-state index in [4.69, 9.17) is 27.6 Å². The fourth-order valence-electron chi connectivity index (χ4n) is 1.47. The molecule has 1 heterocycles. The number of benzene rings is 1. The van der Waals surface area contributed by atoms with Crippen molar-refractivity contribution < 1.29 is 4.42 Å². The van der Waals surface area contributed by atoms with Crippen molar-refractivity contribution in [1.82, 2.24) is 10.2 Å². The van der Waals surface area contributed by atoms with Gasteiger partial charge in [0.05, 0.1) is 6.07 Å². The Labute approximate surface area is 126 Å². The molecule has 0 saturated carbocycles. The summed E-state index contributed by atoms with van der Waals surface area (Å²) < 4.78 is 5.54. The smallest absolute Gasteiger partial charge is 0.276 e. The average molecular weight is 304 g/mol. The zero-order chi connectivity index (χ0) is 14.4. The number of thioether (sulfide) groups is 1. The summed E-state index contributed by atoms with van der Waals surface area (Å²) in [5.41, 5.74) is 7.16. The molecular weight excluding hydrogens is 292 g/mol. The van der Waals surface area contributed by atoms with Crippen LogP contribution < -0.4 is 5.73 Å². The van der Waals surface area contributed by atoms with Crippen LogP contribution in [-0.4, -0.2) is 20.9 Å². The van der Waals surface area contributed by atoms with Gasteiger partial charge in [-0.3, -0.25) is 0 Å². The highest BCUT2D eigenvalue weighted by Crippen LogP contribution is 2.24. The Bertz CT molecular complexity index is 631. The third kappa shape index (κ3) is 3.79. The van der Waals surface area contributed by atoms with Gasteiger partial charge < -0.3 is 10.2 Å². The molecule has 2 aromatic rings. The second-order valence-electron chi connectivity index (χ2n) is 3.92. The molecule has 7 heteroatoms. The number of hydrogen-bond acceptors (Lipinski definition) is 6. The van der Waals surface area contributed by atoms with Crippen molar-refractivity contribution in [1.29, 1.82) is 5.26 Å². The van der Waals surface area contributed by atoms with Gasteiger partial charge in [0.15, 0.2) is 0 Å². The molecule has 0 aliphatic heterocycles. The maximum Gasteiger partial charge on any atom is 0.276 e. The standard InChI is InChI=1S/C13H12N4OS2/c14-7-1-2-8-20-13-17-16-12(18-13)10-5-3-9(4-6-10)11(15)19/h3-6H,1-2,8H2,(H2,15,19). The summed E-state index contributed by atoms with van der Waals surface area (Å²) in [5, 5.41) is 16.9. The molecule has 0 radical (unpaired) electrons. The third-order valence-corrected chi connectivity index (χ3v) is 3.62. The maximum atomic E-state index is 8.45. The van der Waals surface area contributed by atoms with E-state index in [1.54, 1.807) is 0 Å². The molecule has 5 nitrogen and oxygen atoms in total. The van der Waals surface area contributed by atoms with Crippen LogP contribution in [0.5, 0.6) is 0 Å². The Kier molecular flexibility index (Phi) is 5.09. The molecule has 0 atom stereocenters. The minimum Gasteiger partial charge on any atom is -0.411 e. The van der Waals surface area contributed by atoms with Gasteiger partial charge in [0.1, 0.15) is 4.99 Å². The molecule has 0 amide bonds. The molecule has 0 saturated heterocycles. The number of nitrogens with two attached hydrogens (primary N) is 1. The van der Waals surface area contributed by atoms with Crippen molar-refractivity contribution in [3.05, 3.63) is 29.8 Å². The van der Waals surface area contributed by atoms with Crippen molar-refractivity contribution in [3.8, 4) is 17.5 Å². The largest absolute Gasteiger partial charge is 0.411 e. The fraction of sp³-hybridized carbons (Fsp3) is 0.231. The Morgan fingerprint density at radius 3 is 2.75 bits per heavy atom. The summed E-state index contributed by atoms with van der Waals surface area (Å²) in [4.78, 5) is 0.357. The van der Waals surface area contributed by atoms with Crippen LogP contribution in [0.3, 0.4) is 0 Å². The summed E-state index contributed by atoms with van der Waals surface area (Å²) in [6.07, 6.45) is 1.34. The molecule has 2 rings (SSSR count). The van der Waals surface area contributed by atoms with Gasteiger partial charge in [-0.2, -0.15) is 5.26 Å². The van der Waals surface area contributed by atoms with Crippen molar-refractivity contribution >= 4 is 29.0 Å². The topological polar surface area (TPSA) is 88.7 Å². The SMILES string of the molecule is N#CCCCSc1nnc(-c2ccc(C(N)=S)cc2)o1. The van der Waals surface area contributed by atoms with Crippen molar-refractivity contribution in [3.63, 3.8) is 0 Å². The first-order valence-electron chi connectivity index (χ1n) is 5.94. The van der Waals surface area contributed by atoms with Crippen LogP contribution in [0.15, 0.2) is 33.9 Å². The van der Waals surface area contributed by atoms with Crippen LogP contribution >= 0.6 is 24.0 Å². The van der Waals surface area contributed by atoms with E-state index in [0.717, 1.165) is 23.3 Å². The summed E-state index contributed by atoms with van der Waals surface area (Å²) in [7, 11) is 0. The van der Waals surface area contributed by atoms with Crippen LogP contribution in [0.2, 0.25) is 0 Å². The average Bonchev–Trinajstić information content (AvgIpc) is 2.92. The summed E-state index contributed by atoms with van der Waals surface area (Å²) >= 11 is 6.35. The lowest BCUT2D eigenvalue weighted by atomic mass is 10.1. The number of hydrogen-bond donors (Lipinski definition) is 1. The summed E-state index contributed by atoms with van der Waals surface area (Å²) in [6.45, 7) is 0. The summed E-state index contributed by atoms with van der Waals surface area (Å²) in [5.74, 6) is 1.25. The van der Waals surface area contributed by atoms with E-state index in [-0.39, 0.29) is 0 Å². The Morgan fingerprint density at radius 1 is 1.35 bits per heavy atom. The molecule has 0 spiro atoms. The van der Waals surface area contributed by atoms with Crippen molar-refractivity contribution in [2.75, 3.05) is 5.75 Å². The van der Waals surface area contributed by atoms with E-state index in [1.165, 1.54) is 11.8 Å². The second kappa shape index (κ2) is 7.03. The van der Waals surface area contributed by atoms with Gasteiger partial charge in [0.25, 0.3) is 5.22 Å². The first kappa shape index (κ1) is 14.5. The van der Waals surface area contributed by atoms with Gasteiger partial charge in [0.2, 0.25) is 5.89 Å². The van der Waals surface area contributed by atoms with E-state index in [0.29, 0.717) is 22.5 Å². The van der Waals surface area contributed by atoms with Gasteiger partial charge >= 0.3 is 0 Å². The molecule has 0 unspecified atom stereocenters. The first-order chi connectivity index (χ1) is 9.70. The van der Waals surface area contributed by atoms with E-state index in [2.05, 4.69) is 16.3 Å². The van der Waals surface area contributed by atoms with Crippen LogP contribution in [0.25, 0.3) is 11.5 Å².